The number of nitrogens with zero attached hydrogens (tertiary/aromatic N) is 1. The van der Waals surface area contributed by atoms with Crippen LogP contribution in [0.4, 0.5) is 0 Å². The van der Waals surface area contributed by atoms with E-state index in [9.17, 15) is 14.7 Å². The SMILES string of the molecule is CCCC[N+](C)(CCCC)CCCC.O=C([O-])C=CC(=O)O. The van der Waals surface area contributed by atoms with Crippen LogP contribution in [-0.4, -0.2) is 48.2 Å². The Hall–Kier alpha value is -1.36. The summed E-state index contributed by atoms with van der Waals surface area (Å²) in [4.78, 5) is 19.0. The molecule has 5 heteroatoms. The lowest BCUT2D eigenvalue weighted by atomic mass is 10.2. The molecule has 0 unspecified atom stereocenters. The molecule has 0 aliphatic carbocycles. The Morgan fingerprint density at radius 3 is 1.45 bits per heavy atom. The first-order chi connectivity index (χ1) is 10.3. The molecule has 5 nitrogen and oxygen atoms in total. The first-order valence-corrected chi connectivity index (χ1v) is 8.26. The van der Waals surface area contributed by atoms with Crippen LogP contribution in [0, 0.1) is 0 Å². The van der Waals surface area contributed by atoms with Crippen molar-refractivity contribution < 1.29 is 24.3 Å². The second-order valence-electron chi connectivity index (χ2n) is 5.84. The van der Waals surface area contributed by atoms with Crippen molar-refractivity contribution in [3.8, 4) is 0 Å². The molecule has 0 aromatic heterocycles. The zero-order valence-electron chi connectivity index (χ0n) is 14.6. The Morgan fingerprint density at radius 1 is 0.909 bits per heavy atom. The molecule has 0 heterocycles. The largest absolute Gasteiger partial charge is 0.545 e. The standard InChI is InChI=1S/C13H30N.C4H4O4/c1-5-8-11-14(4,12-9-6-2)13-10-7-3;5-3(6)1-2-4(7)8/h5-13H2,1-4H3;1-2H,(H,5,6)(H,7,8)/q+1;/p-1. The van der Waals surface area contributed by atoms with Crippen LogP contribution in [-0.2, 0) is 9.59 Å². The number of carbonyl (C=O) groups is 2. The number of carbonyl (C=O) groups excluding carboxylic acids is 1. The van der Waals surface area contributed by atoms with Crippen LogP contribution in [0.25, 0.3) is 0 Å². The molecule has 22 heavy (non-hydrogen) atoms. The average Bonchev–Trinajstić information content (AvgIpc) is 2.48. The van der Waals surface area contributed by atoms with Crippen molar-refractivity contribution in [2.24, 2.45) is 0 Å². The van der Waals surface area contributed by atoms with Gasteiger partial charge in [0.1, 0.15) is 0 Å². The Kier molecular flexibility index (Phi) is 15.2. The molecule has 0 aliphatic heterocycles. The molecule has 0 rings (SSSR count). The normalized spacial score (nSPS) is 11.1. The third-order valence-electron chi connectivity index (χ3n) is 3.52. The van der Waals surface area contributed by atoms with Crippen molar-refractivity contribution >= 4 is 11.9 Å². The van der Waals surface area contributed by atoms with Crippen LogP contribution in [0.15, 0.2) is 12.2 Å². The van der Waals surface area contributed by atoms with E-state index in [-0.39, 0.29) is 0 Å². The van der Waals surface area contributed by atoms with Crippen LogP contribution in [0.5, 0.6) is 0 Å². The first kappa shape index (κ1) is 22.9. The molecule has 0 radical (unpaired) electrons. The van der Waals surface area contributed by atoms with E-state index in [4.69, 9.17) is 5.11 Å². The Bertz CT molecular complexity index is 289. The lowest BCUT2D eigenvalue weighted by Gasteiger charge is -2.34. The van der Waals surface area contributed by atoms with Crippen molar-refractivity contribution in [2.75, 3.05) is 26.7 Å². The van der Waals surface area contributed by atoms with Gasteiger partial charge in [0.05, 0.1) is 32.7 Å². The molecule has 0 fully saturated rings. The van der Waals surface area contributed by atoms with Gasteiger partial charge in [-0.05, 0) is 25.3 Å². The minimum Gasteiger partial charge on any atom is -0.545 e. The zero-order chi connectivity index (χ0) is 17.4. The molecule has 0 aliphatic rings. The number of rotatable bonds is 11. The van der Waals surface area contributed by atoms with Gasteiger partial charge in [-0.15, -0.1) is 0 Å². The van der Waals surface area contributed by atoms with Gasteiger partial charge in [0, 0.05) is 6.08 Å². The number of hydrogen-bond acceptors (Lipinski definition) is 3. The van der Waals surface area contributed by atoms with Gasteiger partial charge in [-0.25, -0.2) is 4.79 Å². The monoisotopic (exact) mass is 315 g/mol. The van der Waals surface area contributed by atoms with Gasteiger partial charge in [-0.2, -0.15) is 0 Å². The summed E-state index contributed by atoms with van der Waals surface area (Å²) >= 11 is 0. The maximum absolute atomic E-state index is 9.53. The van der Waals surface area contributed by atoms with E-state index in [1.54, 1.807) is 0 Å². The molecule has 0 saturated carbocycles. The lowest BCUT2D eigenvalue weighted by molar-refractivity contribution is -0.910. The highest BCUT2D eigenvalue weighted by Crippen LogP contribution is 2.10. The van der Waals surface area contributed by atoms with Crippen molar-refractivity contribution in [2.45, 2.75) is 59.3 Å². The Labute approximate surface area is 135 Å². The third-order valence-corrected chi connectivity index (χ3v) is 3.52. The van der Waals surface area contributed by atoms with Crippen LogP contribution in [0.2, 0.25) is 0 Å². The van der Waals surface area contributed by atoms with E-state index in [1.165, 1.54) is 62.6 Å². The minimum absolute atomic E-state index is 0.447. The topological polar surface area (TPSA) is 77.4 Å². The number of carboxylic acid groups (broad SMARTS) is 2. The number of aliphatic carboxylic acids is 2. The molecule has 0 saturated heterocycles. The highest BCUT2D eigenvalue weighted by atomic mass is 16.4. The molecule has 0 atom stereocenters. The number of quaternary nitrogens is 1. The fraction of sp³-hybridized carbons (Fsp3) is 0.765. The molecule has 1 N–H and O–H groups in total. The number of hydrogen-bond donors (Lipinski definition) is 1. The molecule has 0 aromatic carbocycles. The highest BCUT2D eigenvalue weighted by Gasteiger charge is 2.18. The quantitative estimate of drug-likeness (QED) is 0.468. The molecule has 0 aromatic rings. The molecule has 0 amide bonds. The van der Waals surface area contributed by atoms with Crippen LogP contribution >= 0.6 is 0 Å². The smallest absolute Gasteiger partial charge is 0.328 e. The van der Waals surface area contributed by atoms with Gasteiger partial charge in [-0.1, -0.05) is 40.0 Å². The van der Waals surface area contributed by atoms with Gasteiger partial charge in [0.2, 0.25) is 0 Å². The number of carboxylic acids is 2. The van der Waals surface area contributed by atoms with E-state index in [1.807, 2.05) is 0 Å². The van der Waals surface area contributed by atoms with Gasteiger partial charge in [-0.3, -0.25) is 0 Å². The zero-order valence-corrected chi connectivity index (χ0v) is 14.6. The third kappa shape index (κ3) is 16.7. The summed E-state index contributed by atoms with van der Waals surface area (Å²) in [6.07, 6.45) is 9.14. The fourth-order valence-electron chi connectivity index (χ4n) is 2.09. The maximum Gasteiger partial charge on any atom is 0.328 e. The van der Waals surface area contributed by atoms with Gasteiger partial charge in [0.25, 0.3) is 0 Å². The maximum atomic E-state index is 9.53. The summed E-state index contributed by atoms with van der Waals surface area (Å²) in [6.45, 7) is 11.0. The average molecular weight is 315 g/mol. The van der Waals surface area contributed by atoms with Crippen LogP contribution < -0.4 is 5.11 Å². The highest BCUT2D eigenvalue weighted by molar-refractivity contribution is 5.88. The van der Waals surface area contributed by atoms with Gasteiger partial charge < -0.3 is 19.5 Å². The predicted molar refractivity (Wildman–Crippen MR) is 87.3 cm³/mol. The number of unbranched alkanes of at least 4 members (excludes halogenated alkanes) is 3. The summed E-state index contributed by atoms with van der Waals surface area (Å²) in [5.41, 5.74) is 0. The molecular formula is C17H33NO4. The Morgan fingerprint density at radius 2 is 1.27 bits per heavy atom. The van der Waals surface area contributed by atoms with E-state index in [2.05, 4.69) is 27.8 Å². The second kappa shape index (κ2) is 14.6. The molecule has 0 spiro atoms. The van der Waals surface area contributed by atoms with Crippen molar-refractivity contribution in [3.63, 3.8) is 0 Å². The van der Waals surface area contributed by atoms with E-state index < -0.39 is 11.9 Å². The molecule has 0 bridgehead atoms. The van der Waals surface area contributed by atoms with E-state index in [0.29, 0.717) is 12.2 Å². The van der Waals surface area contributed by atoms with Crippen molar-refractivity contribution in [1.29, 1.82) is 0 Å². The summed E-state index contributed by atoms with van der Waals surface area (Å²) in [5.74, 6) is -2.80. The molecular weight excluding hydrogens is 282 g/mol. The van der Waals surface area contributed by atoms with E-state index in [0.717, 1.165) is 0 Å². The summed E-state index contributed by atoms with van der Waals surface area (Å²) in [5, 5.41) is 17.2. The second-order valence-corrected chi connectivity index (χ2v) is 5.84. The lowest BCUT2D eigenvalue weighted by Crippen LogP contribution is -2.46. The van der Waals surface area contributed by atoms with Crippen LogP contribution in [0.3, 0.4) is 0 Å². The van der Waals surface area contributed by atoms with Gasteiger partial charge in [0.15, 0.2) is 0 Å². The Balaban J connectivity index is 0. The van der Waals surface area contributed by atoms with Gasteiger partial charge >= 0.3 is 5.97 Å². The summed E-state index contributed by atoms with van der Waals surface area (Å²) < 4.78 is 1.32. The fourth-order valence-corrected chi connectivity index (χ4v) is 2.09. The molecule has 130 valence electrons. The van der Waals surface area contributed by atoms with E-state index >= 15 is 0 Å². The van der Waals surface area contributed by atoms with Crippen molar-refractivity contribution in [1.82, 2.24) is 0 Å². The minimum atomic E-state index is -1.51. The van der Waals surface area contributed by atoms with Crippen LogP contribution in [0.1, 0.15) is 59.3 Å². The predicted octanol–water partition coefficient (Wildman–Crippen LogP) is 2.21. The summed E-state index contributed by atoms with van der Waals surface area (Å²) in [6, 6.07) is 0. The van der Waals surface area contributed by atoms with Crippen molar-refractivity contribution in [3.05, 3.63) is 12.2 Å². The summed E-state index contributed by atoms with van der Waals surface area (Å²) in [7, 11) is 2.45. The first-order valence-electron chi connectivity index (χ1n) is 8.26.